The first kappa shape index (κ1) is 20.7. The summed E-state index contributed by atoms with van der Waals surface area (Å²) in [4.78, 5) is 36.1. The van der Waals surface area contributed by atoms with Gasteiger partial charge in [-0.2, -0.15) is 0 Å². The number of carbonyl (C=O) groups is 3. The van der Waals surface area contributed by atoms with Crippen molar-refractivity contribution in [1.82, 2.24) is 0 Å². The topological polar surface area (TPSA) is 99.1 Å². The van der Waals surface area contributed by atoms with Gasteiger partial charge in [0.05, 0.1) is 26.2 Å². The molecule has 0 saturated heterocycles. The first-order valence-electron chi connectivity index (χ1n) is 9.06. The molecule has 7 heteroatoms. The fourth-order valence-corrected chi connectivity index (χ4v) is 3.35. The van der Waals surface area contributed by atoms with Crippen molar-refractivity contribution >= 4 is 17.7 Å². The minimum atomic E-state index is -1.03. The number of benzene rings is 1. The van der Waals surface area contributed by atoms with Gasteiger partial charge < -0.3 is 19.3 Å². The molecule has 1 aromatic carbocycles. The average molecular weight is 378 g/mol. The van der Waals surface area contributed by atoms with E-state index in [0.29, 0.717) is 23.3 Å². The zero-order chi connectivity index (χ0) is 20.0. The van der Waals surface area contributed by atoms with Crippen LogP contribution in [0.4, 0.5) is 0 Å². The number of ketones is 1. The zero-order valence-corrected chi connectivity index (χ0v) is 16.0. The van der Waals surface area contributed by atoms with E-state index in [4.69, 9.17) is 14.2 Å². The number of carbonyl (C=O) groups excluding carboxylic acids is 3. The van der Waals surface area contributed by atoms with E-state index < -0.39 is 17.5 Å². The highest BCUT2D eigenvalue weighted by atomic mass is 16.5. The Hall–Kier alpha value is -2.57. The Balaban J connectivity index is 2.40. The largest absolute Gasteiger partial charge is 0.508 e. The molecule has 0 amide bonds. The molecule has 1 heterocycles. The number of ether oxygens (including phenoxy) is 3. The van der Waals surface area contributed by atoms with Gasteiger partial charge in [0.2, 0.25) is 0 Å². The van der Waals surface area contributed by atoms with E-state index in [-0.39, 0.29) is 43.6 Å². The van der Waals surface area contributed by atoms with E-state index in [1.54, 1.807) is 6.07 Å². The van der Waals surface area contributed by atoms with Crippen LogP contribution in [0.25, 0.3) is 0 Å². The summed E-state index contributed by atoms with van der Waals surface area (Å²) >= 11 is 0. The summed E-state index contributed by atoms with van der Waals surface area (Å²) in [6, 6.07) is 3.05. The van der Waals surface area contributed by atoms with E-state index in [0.717, 1.165) is 6.42 Å². The molecule has 1 aromatic rings. The van der Waals surface area contributed by atoms with Crippen LogP contribution in [0, 0.1) is 0 Å². The molecule has 0 radical (unpaired) electrons. The molecule has 0 aliphatic carbocycles. The van der Waals surface area contributed by atoms with E-state index in [1.165, 1.54) is 20.3 Å². The van der Waals surface area contributed by atoms with Crippen LogP contribution in [-0.4, -0.2) is 42.6 Å². The van der Waals surface area contributed by atoms with Gasteiger partial charge in [0.1, 0.15) is 17.1 Å². The Kier molecular flexibility index (Phi) is 6.82. The summed E-state index contributed by atoms with van der Waals surface area (Å²) in [6.45, 7) is 1.96. The second-order valence-corrected chi connectivity index (χ2v) is 6.73. The molecule has 0 spiro atoms. The van der Waals surface area contributed by atoms with Crippen LogP contribution in [0.2, 0.25) is 0 Å². The van der Waals surface area contributed by atoms with Crippen molar-refractivity contribution in [3.63, 3.8) is 0 Å². The SMILES string of the molecule is CCCc1c(O)ccc2c1OC(CCC(=O)OC)(CCC(=O)OC)CC2=O. The Bertz CT molecular complexity index is 703. The highest BCUT2D eigenvalue weighted by Gasteiger charge is 2.42. The molecular weight excluding hydrogens is 352 g/mol. The lowest BCUT2D eigenvalue weighted by Crippen LogP contribution is -2.43. The summed E-state index contributed by atoms with van der Waals surface area (Å²) in [7, 11) is 2.59. The van der Waals surface area contributed by atoms with Gasteiger partial charge in [-0.05, 0) is 31.4 Å². The number of hydrogen-bond donors (Lipinski definition) is 1. The van der Waals surface area contributed by atoms with Gasteiger partial charge in [-0.25, -0.2) is 0 Å². The lowest BCUT2D eigenvalue weighted by Gasteiger charge is -2.39. The van der Waals surface area contributed by atoms with Crippen molar-refractivity contribution in [2.24, 2.45) is 0 Å². The number of fused-ring (bicyclic) bond motifs is 1. The lowest BCUT2D eigenvalue weighted by atomic mass is 9.82. The summed E-state index contributed by atoms with van der Waals surface area (Å²) in [5.41, 5.74) is -0.0329. The van der Waals surface area contributed by atoms with E-state index in [2.05, 4.69) is 0 Å². The van der Waals surface area contributed by atoms with Crippen molar-refractivity contribution in [3.05, 3.63) is 23.3 Å². The van der Waals surface area contributed by atoms with E-state index >= 15 is 0 Å². The maximum atomic E-state index is 12.8. The van der Waals surface area contributed by atoms with E-state index in [1.807, 2.05) is 6.92 Å². The minimum Gasteiger partial charge on any atom is -0.508 e. The molecule has 1 aliphatic rings. The highest BCUT2D eigenvalue weighted by molar-refractivity contribution is 6.01. The zero-order valence-electron chi connectivity index (χ0n) is 16.0. The number of methoxy groups -OCH3 is 2. The maximum absolute atomic E-state index is 12.8. The van der Waals surface area contributed by atoms with Crippen LogP contribution in [0.5, 0.6) is 11.5 Å². The van der Waals surface area contributed by atoms with Crippen LogP contribution >= 0.6 is 0 Å². The Morgan fingerprint density at radius 2 is 1.74 bits per heavy atom. The number of aromatic hydroxyl groups is 1. The monoisotopic (exact) mass is 378 g/mol. The molecule has 0 saturated carbocycles. The third-order valence-electron chi connectivity index (χ3n) is 4.86. The predicted molar refractivity (Wildman–Crippen MR) is 96.9 cm³/mol. The fourth-order valence-electron chi connectivity index (χ4n) is 3.35. The number of rotatable bonds is 8. The van der Waals surface area contributed by atoms with Crippen molar-refractivity contribution in [3.8, 4) is 11.5 Å². The molecule has 0 fully saturated rings. The molecule has 148 valence electrons. The normalized spacial score (nSPS) is 14.9. The summed E-state index contributed by atoms with van der Waals surface area (Å²) in [5, 5.41) is 10.2. The lowest BCUT2D eigenvalue weighted by molar-refractivity contribution is -0.142. The third-order valence-corrected chi connectivity index (χ3v) is 4.86. The summed E-state index contributed by atoms with van der Waals surface area (Å²) in [5.74, 6) is -0.552. The van der Waals surface area contributed by atoms with Gasteiger partial charge in [-0.3, -0.25) is 14.4 Å². The molecule has 0 aromatic heterocycles. The van der Waals surface area contributed by atoms with Gasteiger partial charge in [0.25, 0.3) is 0 Å². The van der Waals surface area contributed by atoms with Gasteiger partial charge in [0.15, 0.2) is 5.78 Å². The van der Waals surface area contributed by atoms with Crippen molar-refractivity contribution in [1.29, 1.82) is 0 Å². The first-order chi connectivity index (χ1) is 12.9. The number of Topliss-reactive ketones (excluding diaryl/α,β-unsaturated/α-hetero) is 1. The molecule has 7 nitrogen and oxygen atoms in total. The predicted octanol–water partition coefficient (Wildman–Crippen LogP) is 2.96. The molecule has 0 atom stereocenters. The molecule has 27 heavy (non-hydrogen) atoms. The number of hydrogen-bond acceptors (Lipinski definition) is 7. The highest BCUT2D eigenvalue weighted by Crippen LogP contribution is 2.43. The fraction of sp³-hybridized carbons (Fsp3) is 0.550. The number of esters is 2. The second-order valence-electron chi connectivity index (χ2n) is 6.73. The van der Waals surface area contributed by atoms with Crippen molar-refractivity contribution in [2.45, 2.75) is 57.5 Å². The third kappa shape index (κ3) is 4.78. The summed E-state index contributed by atoms with van der Waals surface area (Å²) in [6.07, 6.45) is 1.92. The van der Waals surface area contributed by atoms with Crippen LogP contribution in [-0.2, 0) is 25.5 Å². The number of phenolic OH excluding ortho intramolecular Hbond substituents is 1. The van der Waals surface area contributed by atoms with Crippen LogP contribution in [0.1, 0.15) is 61.4 Å². The summed E-state index contributed by atoms with van der Waals surface area (Å²) < 4.78 is 15.6. The molecule has 1 N–H and O–H groups in total. The van der Waals surface area contributed by atoms with Gasteiger partial charge in [0, 0.05) is 18.4 Å². The molecule has 1 aliphatic heterocycles. The van der Waals surface area contributed by atoms with Crippen LogP contribution in [0.3, 0.4) is 0 Å². The average Bonchev–Trinajstić information content (AvgIpc) is 2.66. The Labute approximate surface area is 158 Å². The maximum Gasteiger partial charge on any atom is 0.305 e. The number of phenols is 1. The van der Waals surface area contributed by atoms with Gasteiger partial charge >= 0.3 is 11.9 Å². The second kappa shape index (κ2) is 8.88. The van der Waals surface area contributed by atoms with Gasteiger partial charge in [-0.15, -0.1) is 0 Å². The quantitative estimate of drug-likeness (QED) is 0.694. The Morgan fingerprint density at radius 1 is 1.15 bits per heavy atom. The first-order valence-corrected chi connectivity index (χ1v) is 9.06. The van der Waals surface area contributed by atoms with Crippen molar-refractivity contribution < 1.29 is 33.7 Å². The van der Waals surface area contributed by atoms with Crippen molar-refractivity contribution in [2.75, 3.05) is 14.2 Å². The Morgan fingerprint density at radius 3 is 2.26 bits per heavy atom. The molecular formula is C20H26O7. The van der Waals surface area contributed by atoms with Crippen LogP contribution < -0.4 is 4.74 Å². The van der Waals surface area contributed by atoms with Crippen LogP contribution in [0.15, 0.2) is 12.1 Å². The van der Waals surface area contributed by atoms with E-state index in [9.17, 15) is 19.5 Å². The molecule has 2 rings (SSSR count). The minimum absolute atomic E-state index is 0.0460. The smallest absolute Gasteiger partial charge is 0.305 e. The van der Waals surface area contributed by atoms with Gasteiger partial charge in [-0.1, -0.05) is 13.3 Å². The molecule has 0 unspecified atom stereocenters. The standard InChI is InChI=1S/C20H26O7/c1-4-5-13-15(21)7-6-14-16(22)12-20(27-19(13)14,10-8-17(23)25-2)11-9-18(24)26-3/h6-7,21H,4-5,8-12H2,1-3H3. The molecule has 0 bridgehead atoms.